The third-order valence-electron chi connectivity index (χ3n) is 10.3. The molecule has 0 heterocycles. The highest BCUT2D eigenvalue weighted by Gasteiger charge is 2.59. The molecule has 4 aliphatic rings. The molecule has 0 bridgehead atoms. The number of hydrogen-bond acceptors (Lipinski definition) is 3. The second-order valence-electron chi connectivity index (χ2n) is 11.7. The number of rotatable bonds is 6. The van der Waals surface area contributed by atoms with E-state index in [2.05, 4.69) is 26.8 Å². The molecule has 4 rings (SSSR count). The Kier molecular flexibility index (Phi) is 6.63. The van der Waals surface area contributed by atoms with Gasteiger partial charge >= 0.3 is 0 Å². The molecule has 0 radical (unpaired) electrons. The molecule has 1 unspecified atom stereocenters. The summed E-state index contributed by atoms with van der Waals surface area (Å²) in [5.74, 6) is 3.85. The van der Waals surface area contributed by atoms with Crippen LogP contribution in [0, 0.1) is 40.4 Å². The Bertz CT molecular complexity index is 705. The monoisotopic (exact) mass is 431 g/mol. The van der Waals surface area contributed by atoms with Gasteiger partial charge in [-0.1, -0.05) is 32.4 Å². The molecule has 1 amide bonds. The first-order chi connectivity index (χ1) is 14.7. The molecule has 31 heavy (non-hydrogen) atoms. The molecule has 0 aromatic carbocycles. The summed E-state index contributed by atoms with van der Waals surface area (Å²) < 4.78 is 0. The largest absolute Gasteiger partial charge is 0.393 e. The van der Waals surface area contributed by atoms with Crippen LogP contribution < -0.4 is 0 Å². The van der Waals surface area contributed by atoms with E-state index in [1.54, 1.807) is 12.6 Å². The lowest BCUT2D eigenvalue weighted by molar-refractivity contribution is -0.177. The molecule has 4 aliphatic carbocycles. The highest BCUT2D eigenvalue weighted by molar-refractivity contribution is 5.74. The van der Waals surface area contributed by atoms with Crippen LogP contribution in [-0.2, 0) is 9.63 Å². The van der Waals surface area contributed by atoms with Gasteiger partial charge in [0.1, 0.15) is 0 Å². The van der Waals surface area contributed by atoms with E-state index in [9.17, 15) is 9.90 Å². The Labute approximate surface area is 189 Å². The summed E-state index contributed by atoms with van der Waals surface area (Å²) in [7, 11) is 1.74. The second kappa shape index (κ2) is 8.82. The fourth-order valence-corrected chi connectivity index (χ4v) is 8.59. The van der Waals surface area contributed by atoms with E-state index in [1.165, 1.54) is 43.6 Å². The lowest BCUT2D eigenvalue weighted by Gasteiger charge is -2.58. The predicted molar refractivity (Wildman–Crippen MR) is 124 cm³/mol. The molecule has 0 aromatic rings. The second-order valence-corrected chi connectivity index (χ2v) is 11.7. The van der Waals surface area contributed by atoms with Crippen LogP contribution in [0.4, 0.5) is 0 Å². The minimum absolute atomic E-state index is 0.106. The van der Waals surface area contributed by atoms with Gasteiger partial charge in [0, 0.05) is 13.5 Å². The number of hydrogen-bond donors (Lipinski definition) is 1. The maximum Gasteiger partial charge on any atom is 0.245 e. The van der Waals surface area contributed by atoms with E-state index in [1.807, 2.05) is 6.92 Å². The molecule has 176 valence electrons. The maximum absolute atomic E-state index is 12.4. The van der Waals surface area contributed by atoms with Gasteiger partial charge in [0.2, 0.25) is 5.91 Å². The maximum atomic E-state index is 12.4. The smallest absolute Gasteiger partial charge is 0.245 e. The fourth-order valence-electron chi connectivity index (χ4n) is 8.59. The Morgan fingerprint density at radius 2 is 2.00 bits per heavy atom. The summed E-state index contributed by atoms with van der Waals surface area (Å²) in [5, 5.41) is 11.6. The summed E-state index contributed by atoms with van der Waals surface area (Å²) in [5.41, 5.74) is 2.31. The first kappa shape index (κ1) is 23.3. The number of fused-ring (bicyclic) bond motifs is 5. The molecule has 0 aliphatic heterocycles. The summed E-state index contributed by atoms with van der Waals surface area (Å²) in [6.45, 7) is 9.95. The van der Waals surface area contributed by atoms with Gasteiger partial charge in [-0.3, -0.25) is 9.63 Å². The van der Waals surface area contributed by atoms with E-state index >= 15 is 0 Å². The van der Waals surface area contributed by atoms with Gasteiger partial charge in [-0.25, -0.2) is 5.06 Å². The van der Waals surface area contributed by atoms with E-state index in [0.29, 0.717) is 29.8 Å². The van der Waals surface area contributed by atoms with Crippen LogP contribution in [-0.4, -0.2) is 35.8 Å². The first-order valence-corrected chi connectivity index (χ1v) is 13.0. The van der Waals surface area contributed by atoms with Crippen LogP contribution >= 0.6 is 0 Å². The first-order valence-electron chi connectivity index (χ1n) is 13.0. The average Bonchev–Trinajstić information content (AvgIpc) is 3.09. The summed E-state index contributed by atoms with van der Waals surface area (Å²) in [6, 6.07) is 0. The number of nitrogens with zero attached hydrogens (tertiary/aromatic N) is 1. The lowest BCUT2D eigenvalue weighted by Crippen LogP contribution is -2.50. The highest BCUT2D eigenvalue weighted by atomic mass is 16.7. The zero-order valence-electron chi connectivity index (χ0n) is 20.5. The van der Waals surface area contributed by atoms with E-state index in [4.69, 9.17) is 4.84 Å². The van der Waals surface area contributed by atoms with Gasteiger partial charge in [-0.15, -0.1) is 0 Å². The van der Waals surface area contributed by atoms with Crippen LogP contribution in [0.5, 0.6) is 0 Å². The van der Waals surface area contributed by atoms with Crippen molar-refractivity contribution in [2.75, 3.05) is 13.7 Å². The van der Waals surface area contributed by atoms with Crippen LogP contribution in [0.3, 0.4) is 0 Å². The van der Waals surface area contributed by atoms with Crippen LogP contribution in [0.1, 0.15) is 91.9 Å². The third-order valence-corrected chi connectivity index (χ3v) is 10.3. The molecule has 8 atom stereocenters. The summed E-state index contributed by atoms with van der Waals surface area (Å²) in [6.07, 6.45) is 13.6. The molecule has 4 heteroatoms. The standard InChI is InChI=1S/C27H45NO3/c1-6-31-28(5)25(30)12-7-18(2)22-10-11-23-21-9-8-19-17-20(29)13-15-26(19,3)24(21)14-16-27(22,23)4/h8,18,20-24,29H,6-7,9-17H2,1-5H3/t18-,20+,21?,22-,23+,24+,26+,27-/m1/s1. The zero-order valence-corrected chi connectivity index (χ0v) is 20.5. The number of aliphatic hydroxyl groups excluding tert-OH is 1. The highest BCUT2D eigenvalue weighted by Crippen LogP contribution is 2.67. The third kappa shape index (κ3) is 4.01. The van der Waals surface area contributed by atoms with Crippen molar-refractivity contribution in [3.63, 3.8) is 0 Å². The molecule has 4 nitrogen and oxygen atoms in total. The summed E-state index contributed by atoms with van der Waals surface area (Å²) >= 11 is 0. The van der Waals surface area contributed by atoms with Crippen molar-refractivity contribution in [1.29, 1.82) is 0 Å². The molecular formula is C27H45NO3. The van der Waals surface area contributed by atoms with E-state index < -0.39 is 0 Å². The van der Waals surface area contributed by atoms with Crippen molar-refractivity contribution in [3.8, 4) is 0 Å². The SMILES string of the molecule is CCON(C)C(=O)CC[C@@H](C)[C@H]1CC[C@H]2C3CC=C4C[C@@H](O)CC[C@]4(C)[C@H]3CC[C@]12C. The molecule has 0 aromatic heterocycles. The quantitative estimate of drug-likeness (QED) is 0.430. The fraction of sp³-hybridized carbons (Fsp3) is 0.889. The topological polar surface area (TPSA) is 49.8 Å². The van der Waals surface area contributed by atoms with Gasteiger partial charge in [-0.2, -0.15) is 0 Å². The average molecular weight is 432 g/mol. The Balaban J connectivity index is 1.44. The number of hydroxylamine groups is 2. The number of allylic oxidation sites excluding steroid dienone is 1. The van der Waals surface area contributed by atoms with Crippen molar-refractivity contribution >= 4 is 5.91 Å². The van der Waals surface area contributed by atoms with Crippen molar-refractivity contribution in [2.45, 2.75) is 98.0 Å². The van der Waals surface area contributed by atoms with Crippen LogP contribution in [0.2, 0.25) is 0 Å². The van der Waals surface area contributed by atoms with E-state index in [-0.39, 0.29) is 12.0 Å². The predicted octanol–water partition coefficient (Wildman–Crippen LogP) is 5.75. The van der Waals surface area contributed by atoms with Crippen molar-refractivity contribution in [3.05, 3.63) is 11.6 Å². The molecule has 3 saturated carbocycles. The van der Waals surface area contributed by atoms with Crippen molar-refractivity contribution in [1.82, 2.24) is 5.06 Å². The van der Waals surface area contributed by atoms with Gasteiger partial charge in [0.25, 0.3) is 0 Å². The van der Waals surface area contributed by atoms with Crippen LogP contribution in [0.15, 0.2) is 11.6 Å². The van der Waals surface area contributed by atoms with Crippen LogP contribution in [0.25, 0.3) is 0 Å². The van der Waals surface area contributed by atoms with E-state index in [0.717, 1.165) is 42.9 Å². The van der Waals surface area contributed by atoms with Crippen molar-refractivity contribution in [2.24, 2.45) is 40.4 Å². The molecular weight excluding hydrogens is 386 g/mol. The van der Waals surface area contributed by atoms with Gasteiger partial charge < -0.3 is 5.11 Å². The molecule has 3 fully saturated rings. The molecule has 1 N–H and O–H groups in total. The van der Waals surface area contributed by atoms with Gasteiger partial charge in [0.05, 0.1) is 12.7 Å². The number of carbonyl (C=O) groups excluding carboxylic acids is 1. The Morgan fingerprint density at radius 1 is 1.23 bits per heavy atom. The lowest BCUT2D eigenvalue weighted by atomic mass is 9.47. The molecule has 0 saturated heterocycles. The minimum Gasteiger partial charge on any atom is -0.393 e. The Hall–Kier alpha value is -0.870. The molecule has 0 spiro atoms. The number of carbonyl (C=O) groups is 1. The van der Waals surface area contributed by atoms with Gasteiger partial charge in [-0.05, 0) is 105 Å². The van der Waals surface area contributed by atoms with Gasteiger partial charge in [0.15, 0.2) is 0 Å². The summed E-state index contributed by atoms with van der Waals surface area (Å²) in [4.78, 5) is 17.7. The number of amides is 1. The number of aliphatic hydroxyl groups is 1. The zero-order chi connectivity index (χ0) is 22.4. The minimum atomic E-state index is -0.120. The van der Waals surface area contributed by atoms with Crippen molar-refractivity contribution < 1.29 is 14.7 Å². The normalized spacial score (nSPS) is 42.8. The Morgan fingerprint density at radius 3 is 2.74 bits per heavy atom.